The van der Waals surface area contributed by atoms with Crippen molar-refractivity contribution in [1.82, 2.24) is 34.8 Å². The molecule has 0 atom stereocenters. The van der Waals surface area contributed by atoms with Gasteiger partial charge in [0.1, 0.15) is 12.2 Å². The molecule has 8 nitrogen and oxygen atoms in total. The first kappa shape index (κ1) is 14.6. The molecule has 2 heterocycles. The molecular formula is C14H21N7O. The van der Waals surface area contributed by atoms with Crippen LogP contribution in [0, 0.1) is 0 Å². The highest BCUT2D eigenvalue weighted by Gasteiger charge is 2.32. The molecule has 0 aliphatic heterocycles. The third kappa shape index (κ3) is 3.44. The van der Waals surface area contributed by atoms with Crippen LogP contribution in [0.2, 0.25) is 0 Å². The number of rotatable bonds is 6. The molecule has 22 heavy (non-hydrogen) atoms. The lowest BCUT2D eigenvalue weighted by molar-refractivity contribution is 0.192. The van der Waals surface area contributed by atoms with Gasteiger partial charge in [0.2, 0.25) is 0 Å². The highest BCUT2D eigenvalue weighted by atomic mass is 16.2. The molecule has 118 valence electrons. The fraction of sp³-hybridized carbons (Fsp3) is 0.571. The lowest BCUT2D eigenvalue weighted by atomic mass is 10.3. The van der Waals surface area contributed by atoms with Crippen LogP contribution in [0.3, 0.4) is 0 Å². The number of aryl methyl sites for hydroxylation is 2. The summed E-state index contributed by atoms with van der Waals surface area (Å²) in [5, 5.41) is 11.1. The molecule has 1 N–H and O–H groups in total. The lowest BCUT2D eigenvalue weighted by Crippen LogP contribution is -2.41. The van der Waals surface area contributed by atoms with E-state index < -0.39 is 0 Å². The van der Waals surface area contributed by atoms with Crippen molar-refractivity contribution in [3.05, 3.63) is 30.1 Å². The van der Waals surface area contributed by atoms with Gasteiger partial charge in [-0.2, -0.15) is 10.2 Å². The van der Waals surface area contributed by atoms with Gasteiger partial charge in [0.05, 0.1) is 12.7 Å². The maximum atomic E-state index is 12.4. The van der Waals surface area contributed by atoms with Crippen LogP contribution < -0.4 is 5.32 Å². The first-order valence-corrected chi connectivity index (χ1v) is 7.48. The average molecular weight is 303 g/mol. The maximum absolute atomic E-state index is 12.4. The summed E-state index contributed by atoms with van der Waals surface area (Å²) in [6, 6.07) is 0.337. The fourth-order valence-electron chi connectivity index (χ4n) is 2.43. The molecule has 0 radical (unpaired) electrons. The minimum Gasteiger partial charge on any atom is -0.338 e. The SMILES string of the molecule is Cn1cc(CN(C(=O)NCCc2ncnn2C)C2CC2)cn1. The normalized spacial score (nSPS) is 14.1. The van der Waals surface area contributed by atoms with Crippen LogP contribution in [0.25, 0.3) is 0 Å². The van der Waals surface area contributed by atoms with Gasteiger partial charge in [0, 0.05) is 44.9 Å². The highest BCUT2D eigenvalue weighted by Crippen LogP contribution is 2.28. The van der Waals surface area contributed by atoms with Crippen LogP contribution in [-0.4, -0.2) is 48.1 Å². The molecule has 2 aromatic heterocycles. The van der Waals surface area contributed by atoms with E-state index in [9.17, 15) is 4.79 Å². The van der Waals surface area contributed by atoms with E-state index in [4.69, 9.17) is 0 Å². The van der Waals surface area contributed by atoms with Crippen molar-refractivity contribution in [1.29, 1.82) is 0 Å². The van der Waals surface area contributed by atoms with Gasteiger partial charge in [-0.15, -0.1) is 0 Å². The predicted molar refractivity (Wildman–Crippen MR) is 79.9 cm³/mol. The standard InChI is InChI=1S/C14H21N7O/c1-19-8-11(7-17-19)9-21(12-3-4-12)14(22)15-6-5-13-16-10-18-20(13)2/h7-8,10,12H,3-6,9H2,1-2H3,(H,15,22). The van der Waals surface area contributed by atoms with E-state index in [0.717, 1.165) is 24.2 Å². The lowest BCUT2D eigenvalue weighted by Gasteiger charge is -2.22. The van der Waals surface area contributed by atoms with Gasteiger partial charge in [-0.05, 0) is 12.8 Å². The second kappa shape index (κ2) is 6.17. The van der Waals surface area contributed by atoms with Crippen LogP contribution in [0.5, 0.6) is 0 Å². The van der Waals surface area contributed by atoms with Crippen LogP contribution in [0.15, 0.2) is 18.7 Å². The number of hydrogen-bond acceptors (Lipinski definition) is 4. The van der Waals surface area contributed by atoms with Gasteiger partial charge >= 0.3 is 6.03 Å². The molecule has 1 fully saturated rings. The van der Waals surface area contributed by atoms with Gasteiger partial charge < -0.3 is 10.2 Å². The van der Waals surface area contributed by atoms with Gasteiger partial charge in [-0.3, -0.25) is 9.36 Å². The maximum Gasteiger partial charge on any atom is 0.317 e. The smallest absolute Gasteiger partial charge is 0.317 e. The third-order valence-corrected chi connectivity index (χ3v) is 3.79. The summed E-state index contributed by atoms with van der Waals surface area (Å²) in [5.74, 6) is 0.866. The average Bonchev–Trinajstić information content (AvgIpc) is 3.13. The number of carbonyl (C=O) groups is 1. The van der Waals surface area contributed by atoms with Gasteiger partial charge in [0.25, 0.3) is 0 Å². The van der Waals surface area contributed by atoms with Gasteiger partial charge in [-0.1, -0.05) is 0 Å². The van der Waals surface area contributed by atoms with Gasteiger partial charge in [-0.25, -0.2) is 9.78 Å². The van der Waals surface area contributed by atoms with Crippen molar-refractivity contribution >= 4 is 6.03 Å². The summed E-state index contributed by atoms with van der Waals surface area (Å²) in [7, 11) is 3.73. The van der Waals surface area contributed by atoms with Gasteiger partial charge in [0.15, 0.2) is 0 Å². The van der Waals surface area contributed by atoms with Crippen molar-refractivity contribution in [2.45, 2.75) is 31.8 Å². The molecule has 1 aliphatic rings. The quantitative estimate of drug-likeness (QED) is 0.841. The highest BCUT2D eigenvalue weighted by molar-refractivity contribution is 5.74. The zero-order valence-electron chi connectivity index (χ0n) is 12.9. The fourth-order valence-corrected chi connectivity index (χ4v) is 2.43. The molecule has 8 heteroatoms. The van der Waals surface area contributed by atoms with Crippen molar-refractivity contribution in [2.24, 2.45) is 14.1 Å². The van der Waals surface area contributed by atoms with Crippen LogP contribution in [0.1, 0.15) is 24.2 Å². The number of hydrogen-bond donors (Lipinski definition) is 1. The van der Waals surface area contributed by atoms with Crippen LogP contribution in [-0.2, 0) is 27.1 Å². The Labute approximate surface area is 129 Å². The summed E-state index contributed by atoms with van der Waals surface area (Å²) in [6.45, 7) is 1.16. The molecule has 0 saturated heterocycles. The molecular weight excluding hydrogens is 282 g/mol. The number of nitrogens with one attached hydrogen (secondary N) is 1. The Balaban J connectivity index is 1.53. The van der Waals surface area contributed by atoms with Crippen molar-refractivity contribution in [2.75, 3.05) is 6.54 Å². The molecule has 0 bridgehead atoms. The molecule has 0 spiro atoms. The van der Waals surface area contributed by atoms with Crippen molar-refractivity contribution in [3.8, 4) is 0 Å². The zero-order valence-corrected chi connectivity index (χ0v) is 12.9. The molecule has 3 rings (SSSR count). The van der Waals surface area contributed by atoms with E-state index in [2.05, 4.69) is 20.5 Å². The number of aromatic nitrogens is 5. The molecule has 1 aliphatic carbocycles. The predicted octanol–water partition coefficient (Wildman–Crippen LogP) is 0.465. The first-order chi connectivity index (χ1) is 10.6. The Bertz CT molecular complexity index is 643. The minimum absolute atomic E-state index is 0.0199. The topological polar surface area (TPSA) is 80.9 Å². The molecule has 0 aromatic carbocycles. The van der Waals surface area contributed by atoms with Crippen molar-refractivity contribution < 1.29 is 4.79 Å². The van der Waals surface area contributed by atoms with E-state index >= 15 is 0 Å². The Morgan fingerprint density at radius 1 is 1.41 bits per heavy atom. The van der Waals surface area contributed by atoms with E-state index in [1.165, 1.54) is 6.33 Å². The Hall–Kier alpha value is -2.38. The van der Waals surface area contributed by atoms with Crippen LogP contribution >= 0.6 is 0 Å². The second-order valence-electron chi connectivity index (χ2n) is 5.66. The summed E-state index contributed by atoms with van der Waals surface area (Å²) >= 11 is 0. The van der Waals surface area contributed by atoms with Crippen molar-refractivity contribution in [3.63, 3.8) is 0 Å². The summed E-state index contributed by atoms with van der Waals surface area (Å²) < 4.78 is 3.48. The minimum atomic E-state index is -0.0199. The van der Waals surface area contributed by atoms with E-state index in [1.54, 1.807) is 9.36 Å². The summed E-state index contributed by atoms with van der Waals surface area (Å²) in [4.78, 5) is 18.4. The summed E-state index contributed by atoms with van der Waals surface area (Å²) in [5.41, 5.74) is 1.05. The van der Waals surface area contributed by atoms with E-state index in [-0.39, 0.29) is 6.03 Å². The number of amides is 2. The largest absolute Gasteiger partial charge is 0.338 e. The third-order valence-electron chi connectivity index (χ3n) is 3.79. The number of urea groups is 1. The molecule has 1 saturated carbocycles. The first-order valence-electron chi connectivity index (χ1n) is 7.48. The van der Waals surface area contributed by atoms with E-state index in [1.807, 2.05) is 31.4 Å². The second-order valence-corrected chi connectivity index (χ2v) is 5.66. The summed E-state index contributed by atoms with van der Waals surface area (Å²) in [6.07, 6.45) is 8.11. The number of nitrogens with zero attached hydrogens (tertiary/aromatic N) is 6. The Kier molecular flexibility index (Phi) is 4.08. The van der Waals surface area contributed by atoms with Crippen LogP contribution in [0.4, 0.5) is 4.79 Å². The molecule has 0 unspecified atom stereocenters. The molecule has 2 amide bonds. The molecule has 2 aromatic rings. The number of carbonyl (C=O) groups excluding carboxylic acids is 1. The zero-order chi connectivity index (χ0) is 15.5. The Morgan fingerprint density at radius 3 is 2.82 bits per heavy atom. The Morgan fingerprint density at radius 2 is 2.23 bits per heavy atom. The monoisotopic (exact) mass is 303 g/mol. The van der Waals surface area contributed by atoms with E-state index in [0.29, 0.717) is 25.6 Å².